The molecule has 0 radical (unpaired) electrons. The van der Waals surface area contributed by atoms with Crippen LogP contribution in [0.2, 0.25) is 0 Å². The molecule has 0 spiro atoms. The summed E-state index contributed by atoms with van der Waals surface area (Å²) in [5.74, 6) is 0. The third-order valence-corrected chi connectivity index (χ3v) is 13.9. The average Bonchev–Trinajstić information content (AvgIpc) is 3.64. The molecule has 0 aliphatic carbocycles. The Hall–Kier alpha value is -8.12. The minimum atomic E-state index is -0.334. The minimum absolute atomic E-state index is 0.334. The Bertz CT molecular complexity index is 3410. The first-order valence-corrected chi connectivity index (χ1v) is 21.5. The van der Waals surface area contributed by atoms with Crippen molar-refractivity contribution in [3.63, 3.8) is 0 Å². The van der Waals surface area contributed by atoms with Crippen molar-refractivity contribution in [1.29, 1.82) is 10.5 Å². The summed E-state index contributed by atoms with van der Waals surface area (Å²) in [6.07, 6.45) is 0. The van der Waals surface area contributed by atoms with Crippen LogP contribution in [-0.2, 0) is 10.8 Å². The summed E-state index contributed by atoms with van der Waals surface area (Å²) in [6.45, 7) is 9.52. The fraction of sp³-hybridized carbons (Fsp3) is 0.103. The van der Waals surface area contributed by atoms with E-state index in [-0.39, 0.29) is 10.8 Å². The smallest absolute Gasteiger partial charge is 0.0991 e. The summed E-state index contributed by atoms with van der Waals surface area (Å²) in [6, 6.07) is 67.4. The molecule has 2 aliphatic heterocycles. The average molecular weight is 808 g/mol. The molecule has 2 aliphatic rings. The summed E-state index contributed by atoms with van der Waals surface area (Å²) in [7, 11) is 0. The number of nitriles is 2. The predicted octanol–water partition coefficient (Wildman–Crippen LogP) is 15.1. The number of anilines is 6. The van der Waals surface area contributed by atoms with Crippen LogP contribution in [0.4, 0.5) is 34.1 Å². The Morgan fingerprint density at radius 1 is 0.381 bits per heavy atom. The van der Waals surface area contributed by atoms with Crippen molar-refractivity contribution in [2.24, 2.45) is 0 Å². The number of rotatable bonds is 6. The molecular weight excluding hydrogens is 767 g/mol. The number of para-hydroxylation sites is 1. The van der Waals surface area contributed by atoms with Crippen LogP contribution in [0.1, 0.15) is 61.1 Å². The Balaban J connectivity index is 1.20. The van der Waals surface area contributed by atoms with Crippen molar-refractivity contribution < 1.29 is 0 Å². The highest BCUT2D eigenvalue weighted by molar-refractivity contribution is 6.16. The van der Waals surface area contributed by atoms with E-state index in [1.165, 1.54) is 60.5 Å². The Morgan fingerprint density at radius 3 is 1.19 bits per heavy atom. The van der Waals surface area contributed by atoms with Crippen LogP contribution < -0.4 is 9.80 Å². The lowest BCUT2D eigenvalue weighted by atomic mass is 9.68. The van der Waals surface area contributed by atoms with Gasteiger partial charge in [0.25, 0.3) is 0 Å². The van der Waals surface area contributed by atoms with Gasteiger partial charge in [-0.2, -0.15) is 10.5 Å². The van der Waals surface area contributed by atoms with Crippen LogP contribution >= 0.6 is 0 Å². The first kappa shape index (κ1) is 36.7. The van der Waals surface area contributed by atoms with Gasteiger partial charge in [0.15, 0.2) is 0 Å². The van der Waals surface area contributed by atoms with Crippen LogP contribution in [-0.4, -0.2) is 4.57 Å². The van der Waals surface area contributed by atoms with Gasteiger partial charge in [-0.3, -0.25) is 0 Å². The molecule has 3 heterocycles. The molecule has 0 fully saturated rings. The van der Waals surface area contributed by atoms with Crippen molar-refractivity contribution in [3.8, 4) is 17.8 Å². The lowest BCUT2D eigenvalue weighted by molar-refractivity contribution is 0.593. The molecule has 10 aromatic rings. The van der Waals surface area contributed by atoms with Gasteiger partial charge in [0, 0.05) is 55.7 Å². The molecule has 0 atom stereocenters. The highest BCUT2D eigenvalue weighted by Gasteiger charge is 2.44. The molecule has 63 heavy (non-hydrogen) atoms. The van der Waals surface area contributed by atoms with Crippen molar-refractivity contribution in [2.75, 3.05) is 9.80 Å². The molecule has 0 saturated heterocycles. The van der Waals surface area contributed by atoms with Crippen molar-refractivity contribution in [1.82, 2.24) is 4.57 Å². The van der Waals surface area contributed by atoms with Gasteiger partial charge in [-0.25, -0.2) is 0 Å². The first-order chi connectivity index (χ1) is 30.6. The lowest BCUT2D eigenvalue weighted by Gasteiger charge is -2.42. The SMILES string of the molecule is CC1(C)c2cccc3c2-n2c4c1cc(N(c1ccc(C#N)cc1)c1ccc5ccccc5c1)cc4c1cc(N(c4ccc(C#N)cc4)c4ccc5ccccc5c4)cc(c12)C3(C)C. The molecule has 0 saturated carbocycles. The van der Waals surface area contributed by atoms with Gasteiger partial charge in [0.1, 0.15) is 0 Å². The molecule has 1 aromatic heterocycles. The molecule has 5 nitrogen and oxygen atoms in total. The second-order valence-corrected chi connectivity index (χ2v) is 18.1. The number of hydrogen-bond donors (Lipinski definition) is 0. The van der Waals surface area contributed by atoms with E-state index >= 15 is 0 Å². The molecule has 0 N–H and O–H groups in total. The van der Waals surface area contributed by atoms with E-state index in [1.54, 1.807) is 0 Å². The summed E-state index contributed by atoms with van der Waals surface area (Å²) in [5, 5.41) is 26.7. The Labute approximate surface area is 366 Å². The monoisotopic (exact) mass is 807 g/mol. The second-order valence-electron chi connectivity index (χ2n) is 18.1. The fourth-order valence-electron chi connectivity index (χ4n) is 10.7. The van der Waals surface area contributed by atoms with Gasteiger partial charge in [0.2, 0.25) is 0 Å². The molecule has 12 rings (SSSR count). The van der Waals surface area contributed by atoms with Crippen molar-refractivity contribution in [2.45, 2.75) is 38.5 Å². The normalized spacial score (nSPS) is 13.9. The third kappa shape index (κ3) is 5.27. The highest BCUT2D eigenvalue weighted by Crippen LogP contribution is 2.57. The maximum absolute atomic E-state index is 9.81. The van der Waals surface area contributed by atoms with Crippen molar-refractivity contribution in [3.05, 3.63) is 209 Å². The van der Waals surface area contributed by atoms with Gasteiger partial charge >= 0.3 is 0 Å². The number of benzene rings is 9. The van der Waals surface area contributed by atoms with Gasteiger partial charge in [-0.1, -0.05) is 107 Å². The topological polar surface area (TPSA) is 59.0 Å². The fourth-order valence-corrected chi connectivity index (χ4v) is 10.7. The maximum atomic E-state index is 9.81. The molecule has 0 bridgehead atoms. The summed E-state index contributed by atoms with van der Waals surface area (Å²) < 4.78 is 2.58. The number of hydrogen-bond acceptors (Lipinski definition) is 4. The largest absolute Gasteiger partial charge is 0.310 e. The first-order valence-electron chi connectivity index (χ1n) is 21.5. The molecular formula is C58H41N5. The predicted molar refractivity (Wildman–Crippen MR) is 259 cm³/mol. The van der Waals surface area contributed by atoms with Crippen LogP contribution in [0.5, 0.6) is 0 Å². The van der Waals surface area contributed by atoms with Gasteiger partial charge in [-0.15, -0.1) is 0 Å². The Morgan fingerprint density at radius 2 is 0.778 bits per heavy atom. The van der Waals surface area contributed by atoms with Crippen LogP contribution in [0, 0.1) is 22.7 Å². The molecule has 0 unspecified atom stereocenters. The van der Waals surface area contributed by atoms with E-state index in [0.29, 0.717) is 11.1 Å². The second kappa shape index (κ2) is 13.2. The molecule has 298 valence electrons. The summed E-state index contributed by atoms with van der Waals surface area (Å²) in [5.41, 5.74) is 15.7. The molecule has 9 aromatic carbocycles. The summed E-state index contributed by atoms with van der Waals surface area (Å²) in [4.78, 5) is 4.70. The van der Waals surface area contributed by atoms with E-state index in [2.05, 4.69) is 206 Å². The number of fused-ring (bicyclic) bond motifs is 3. The van der Waals surface area contributed by atoms with E-state index < -0.39 is 0 Å². The number of aromatic nitrogens is 1. The van der Waals surface area contributed by atoms with Crippen LogP contribution in [0.15, 0.2) is 176 Å². The van der Waals surface area contributed by atoms with Crippen LogP contribution in [0.25, 0.3) is 49.0 Å². The van der Waals surface area contributed by atoms with Gasteiger partial charge < -0.3 is 14.4 Å². The maximum Gasteiger partial charge on any atom is 0.0991 e. The van der Waals surface area contributed by atoms with E-state index in [0.717, 1.165) is 44.9 Å². The zero-order chi connectivity index (χ0) is 42.8. The van der Waals surface area contributed by atoms with Crippen molar-refractivity contribution >= 4 is 77.5 Å². The molecule has 5 heteroatoms. The zero-order valence-electron chi connectivity index (χ0n) is 35.5. The Kier molecular flexibility index (Phi) is 7.68. The van der Waals surface area contributed by atoms with Crippen LogP contribution in [0.3, 0.4) is 0 Å². The minimum Gasteiger partial charge on any atom is -0.310 e. The molecule has 0 amide bonds. The van der Waals surface area contributed by atoms with E-state index in [4.69, 9.17) is 0 Å². The van der Waals surface area contributed by atoms with Gasteiger partial charge in [0.05, 0.1) is 40.0 Å². The summed E-state index contributed by atoms with van der Waals surface area (Å²) >= 11 is 0. The standard InChI is InChI=1S/C58H41N5/c1-57(2)50-14-9-15-51-56(50)63-54-48(30-46(32-52(54)57)61(42-22-16-36(34-59)17-23-42)44-26-20-38-10-5-7-12-40(38)28-44)49-31-47(33-53(55(49)63)58(51,3)4)62(43-24-18-37(35-60)19-25-43)45-27-21-39-11-6-8-13-41(39)29-45/h5-33H,1-4H3. The van der Waals surface area contributed by atoms with Gasteiger partial charge in [-0.05, 0) is 141 Å². The van der Waals surface area contributed by atoms with E-state index in [1.807, 2.05) is 24.3 Å². The lowest BCUT2D eigenvalue weighted by Crippen LogP contribution is -2.33. The number of nitrogens with zero attached hydrogens (tertiary/aromatic N) is 5. The quantitative estimate of drug-likeness (QED) is 0.168. The van der Waals surface area contributed by atoms with E-state index in [9.17, 15) is 10.5 Å². The highest BCUT2D eigenvalue weighted by atomic mass is 15.2. The zero-order valence-corrected chi connectivity index (χ0v) is 35.5. The third-order valence-electron chi connectivity index (χ3n) is 13.9.